The summed E-state index contributed by atoms with van der Waals surface area (Å²) >= 11 is 0. The molecule has 2 saturated heterocycles. The first kappa shape index (κ1) is 20.7. The van der Waals surface area contributed by atoms with Crippen LogP contribution in [0.1, 0.15) is 18.4 Å². The number of rotatable bonds is 6. The normalized spacial score (nSPS) is 20.2. The molecule has 0 radical (unpaired) electrons. The molecule has 160 valence electrons. The SMILES string of the molecule is Cc1ccccc1OCC(=O)N1CCCC(CN2CCN(c3ccccn3)CC2)C1. The molecule has 1 unspecified atom stereocenters. The number of nitrogens with zero attached hydrogens (tertiary/aromatic N) is 4. The van der Waals surface area contributed by atoms with Gasteiger partial charge < -0.3 is 14.5 Å². The molecule has 1 amide bonds. The van der Waals surface area contributed by atoms with Gasteiger partial charge >= 0.3 is 0 Å². The molecule has 0 aliphatic carbocycles. The van der Waals surface area contributed by atoms with Crippen molar-refractivity contribution >= 4 is 11.7 Å². The van der Waals surface area contributed by atoms with Crippen molar-refractivity contribution in [1.82, 2.24) is 14.8 Å². The van der Waals surface area contributed by atoms with Crippen LogP contribution in [0.4, 0.5) is 5.82 Å². The van der Waals surface area contributed by atoms with Gasteiger partial charge in [0, 0.05) is 52.0 Å². The number of ether oxygens (including phenoxy) is 1. The van der Waals surface area contributed by atoms with Gasteiger partial charge in [-0.2, -0.15) is 0 Å². The predicted molar refractivity (Wildman–Crippen MR) is 119 cm³/mol. The van der Waals surface area contributed by atoms with Crippen molar-refractivity contribution in [1.29, 1.82) is 0 Å². The Bertz CT molecular complexity index is 821. The molecule has 2 fully saturated rings. The van der Waals surface area contributed by atoms with Crippen molar-refractivity contribution in [2.24, 2.45) is 5.92 Å². The van der Waals surface area contributed by atoms with Crippen molar-refractivity contribution in [2.75, 3.05) is 57.3 Å². The predicted octanol–water partition coefficient (Wildman–Crippen LogP) is 2.83. The van der Waals surface area contributed by atoms with Gasteiger partial charge in [-0.25, -0.2) is 4.98 Å². The number of likely N-dealkylation sites (tertiary alicyclic amines) is 1. The van der Waals surface area contributed by atoms with Crippen molar-refractivity contribution in [3.8, 4) is 5.75 Å². The highest BCUT2D eigenvalue weighted by atomic mass is 16.5. The highest BCUT2D eigenvalue weighted by Gasteiger charge is 2.27. The first-order valence-electron chi connectivity index (χ1n) is 11.0. The van der Waals surface area contributed by atoms with Crippen LogP contribution in [0.25, 0.3) is 0 Å². The molecule has 6 nitrogen and oxygen atoms in total. The summed E-state index contributed by atoms with van der Waals surface area (Å²) < 4.78 is 5.78. The van der Waals surface area contributed by atoms with Crippen LogP contribution in [0.15, 0.2) is 48.7 Å². The molecule has 0 bridgehead atoms. The maximum Gasteiger partial charge on any atom is 0.260 e. The number of aryl methyl sites for hydroxylation is 1. The van der Waals surface area contributed by atoms with Gasteiger partial charge in [0.2, 0.25) is 0 Å². The molecule has 2 aliphatic rings. The van der Waals surface area contributed by atoms with E-state index in [0.717, 1.165) is 69.4 Å². The smallest absolute Gasteiger partial charge is 0.260 e. The van der Waals surface area contributed by atoms with E-state index in [1.54, 1.807) is 0 Å². The largest absolute Gasteiger partial charge is 0.484 e. The summed E-state index contributed by atoms with van der Waals surface area (Å²) in [6.45, 7) is 9.02. The van der Waals surface area contributed by atoms with Crippen LogP contribution in [0.3, 0.4) is 0 Å². The second kappa shape index (κ2) is 9.94. The second-order valence-corrected chi connectivity index (χ2v) is 8.38. The van der Waals surface area contributed by atoms with E-state index in [9.17, 15) is 4.79 Å². The third-order valence-electron chi connectivity index (χ3n) is 6.18. The molecule has 4 rings (SSSR count). The van der Waals surface area contributed by atoms with Gasteiger partial charge in [0.1, 0.15) is 11.6 Å². The summed E-state index contributed by atoms with van der Waals surface area (Å²) in [6.07, 6.45) is 4.13. The number of hydrogen-bond acceptors (Lipinski definition) is 5. The second-order valence-electron chi connectivity index (χ2n) is 8.38. The zero-order chi connectivity index (χ0) is 20.8. The summed E-state index contributed by atoms with van der Waals surface area (Å²) in [5, 5.41) is 0. The highest BCUT2D eigenvalue weighted by molar-refractivity contribution is 5.78. The molecular weight excluding hydrogens is 376 g/mol. The highest BCUT2D eigenvalue weighted by Crippen LogP contribution is 2.21. The Hall–Kier alpha value is -2.60. The fraction of sp³-hybridized carbons (Fsp3) is 0.500. The number of benzene rings is 1. The molecule has 1 aromatic heterocycles. The number of carbonyl (C=O) groups excluding carboxylic acids is 1. The maximum absolute atomic E-state index is 12.7. The van der Waals surface area contributed by atoms with E-state index >= 15 is 0 Å². The summed E-state index contributed by atoms with van der Waals surface area (Å²) in [5.74, 6) is 2.51. The van der Waals surface area contributed by atoms with Crippen molar-refractivity contribution in [2.45, 2.75) is 19.8 Å². The molecule has 2 aliphatic heterocycles. The molecular formula is C24H32N4O2. The minimum absolute atomic E-state index is 0.0999. The average Bonchev–Trinajstić information content (AvgIpc) is 2.80. The van der Waals surface area contributed by atoms with E-state index in [2.05, 4.69) is 20.9 Å². The molecule has 1 aromatic carbocycles. The third kappa shape index (κ3) is 5.30. The van der Waals surface area contributed by atoms with Gasteiger partial charge in [-0.15, -0.1) is 0 Å². The first-order valence-corrected chi connectivity index (χ1v) is 11.0. The van der Waals surface area contributed by atoms with Crippen molar-refractivity contribution in [3.05, 3.63) is 54.2 Å². The molecule has 6 heteroatoms. The molecule has 0 spiro atoms. The van der Waals surface area contributed by atoms with Crippen LogP contribution in [-0.4, -0.2) is 73.1 Å². The minimum Gasteiger partial charge on any atom is -0.484 e. The fourth-order valence-electron chi connectivity index (χ4n) is 4.46. The standard InChI is InChI=1S/C24H32N4O2/c1-20-7-2-3-9-22(20)30-19-24(29)28-12-6-8-21(18-28)17-26-13-15-27(16-14-26)23-10-4-5-11-25-23/h2-5,7,9-11,21H,6,8,12-19H2,1H3. The minimum atomic E-state index is 0.0999. The number of amides is 1. The number of anilines is 1. The molecule has 3 heterocycles. The number of piperazine rings is 1. The number of carbonyl (C=O) groups is 1. The van der Waals surface area contributed by atoms with E-state index in [0.29, 0.717) is 5.92 Å². The molecule has 0 saturated carbocycles. The van der Waals surface area contributed by atoms with Crippen LogP contribution in [0.2, 0.25) is 0 Å². The summed E-state index contributed by atoms with van der Waals surface area (Å²) in [6, 6.07) is 13.9. The Kier molecular flexibility index (Phi) is 6.84. The van der Waals surface area contributed by atoms with Gasteiger partial charge in [0.15, 0.2) is 6.61 Å². The number of para-hydroxylation sites is 1. The van der Waals surface area contributed by atoms with Crippen LogP contribution >= 0.6 is 0 Å². The van der Waals surface area contributed by atoms with Gasteiger partial charge in [-0.1, -0.05) is 24.3 Å². The average molecular weight is 409 g/mol. The summed E-state index contributed by atoms with van der Waals surface area (Å²) in [7, 11) is 0. The maximum atomic E-state index is 12.7. The molecule has 2 aromatic rings. The van der Waals surface area contributed by atoms with E-state index in [-0.39, 0.29) is 12.5 Å². The van der Waals surface area contributed by atoms with Gasteiger partial charge in [-0.3, -0.25) is 9.69 Å². The van der Waals surface area contributed by atoms with Gasteiger partial charge in [0.05, 0.1) is 0 Å². The Morgan fingerprint density at radius 1 is 1.07 bits per heavy atom. The van der Waals surface area contributed by atoms with Crippen LogP contribution in [0, 0.1) is 12.8 Å². The lowest BCUT2D eigenvalue weighted by Crippen LogP contribution is -2.50. The van der Waals surface area contributed by atoms with E-state index in [4.69, 9.17) is 4.74 Å². The fourth-order valence-corrected chi connectivity index (χ4v) is 4.46. The number of aromatic nitrogens is 1. The number of hydrogen-bond donors (Lipinski definition) is 0. The Balaban J connectivity index is 1.22. The Labute approximate surface area is 179 Å². The Morgan fingerprint density at radius 2 is 1.87 bits per heavy atom. The molecule has 0 N–H and O–H groups in total. The molecule has 1 atom stereocenters. The monoisotopic (exact) mass is 408 g/mol. The van der Waals surface area contributed by atoms with E-state index in [1.807, 2.05) is 54.4 Å². The third-order valence-corrected chi connectivity index (χ3v) is 6.18. The van der Waals surface area contributed by atoms with Crippen LogP contribution in [-0.2, 0) is 4.79 Å². The number of piperidine rings is 1. The lowest BCUT2D eigenvalue weighted by atomic mass is 9.97. The number of pyridine rings is 1. The topological polar surface area (TPSA) is 48.9 Å². The summed E-state index contributed by atoms with van der Waals surface area (Å²) in [4.78, 5) is 24.1. The van der Waals surface area contributed by atoms with Gasteiger partial charge in [-0.05, 0) is 49.4 Å². The van der Waals surface area contributed by atoms with E-state index < -0.39 is 0 Å². The van der Waals surface area contributed by atoms with Crippen molar-refractivity contribution < 1.29 is 9.53 Å². The van der Waals surface area contributed by atoms with E-state index in [1.165, 1.54) is 6.42 Å². The summed E-state index contributed by atoms with van der Waals surface area (Å²) in [5.41, 5.74) is 1.06. The zero-order valence-electron chi connectivity index (χ0n) is 17.9. The zero-order valence-corrected chi connectivity index (χ0v) is 17.9. The quantitative estimate of drug-likeness (QED) is 0.736. The van der Waals surface area contributed by atoms with Crippen molar-refractivity contribution in [3.63, 3.8) is 0 Å². The first-order chi connectivity index (χ1) is 14.7. The van der Waals surface area contributed by atoms with Crippen LogP contribution in [0.5, 0.6) is 5.75 Å². The van der Waals surface area contributed by atoms with Gasteiger partial charge in [0.25, 0.3) is 5.91 Å². The van der Waals surface area contributed by atoms with Crippen LogP contribution < -0.4 is 9.64 Å². The molecule has 30 heavy (non-hydrogen) atoms. The lowest BCUT2D eigenvalue weighted by Gasteiger charge is -2.39. The lowest BCUT2D eigenvalue weighted by molar-refractivity contribution is -0.135. The Morgan fingerprint density at radius 3 is 2.63 bits per heavy atom.